The minimum Gasteiger partial charge on any atom is -0.493 e. The zero-order valence-electron chi connectivity index (χ0n) is 19.0. The number of para-hydroxylation sites is 1. The van der Waals surface area contributed by atoms with Crippen LogP contribution >= 0.6 is 11.6 Å². The molecule has 0 saturated carbocycles. The second-order valence-corrected chi connectivity index (χ2v) is 7.61. The number of urea groups is 1. The van der Waals surface area contributed by atoms with Gasteiger partial charge >= 0.3 is 12.0 Å². The van der Waals surface area contributed by atoms with E-state index in [4.69, 9.17) is 30.5 Å². The van der Waals surface area contributed by atoms with Crippen LogP contribution in [0.15, 0.2) is 53.7 Å². The van der Waals surface area contributed by atoms with Gasteiger partial charge in [-0.1, -0.05) is 29.8 Å². The van der Waals surface area contributed by atoms with Crippen molar-refractivity contribution in [3.05, 3.63) is 64.3 Å². The summed E-state index contributed by atoms with van der Waals surface area (Å²) in [5.41, 5.74) is 1.55. The standard InChI is InChI=1S/C24H27ClN2O6/c1-5-31-23(28)21-15(2)27(3)24(29)26-22(21)16-10-11-19(20(14-16)30-4)33-13-12-32-18-9-7-6-8-17(18)25/h6-11,14,22H,5,12-13H2,1-4H3,(H,26,29). The van der Waals surface area contributed by atoms with Crippen LogP contribution in [0.4, 0.5) is 4.79 Å². The fourth-order valence-corrected chi connectivity index (χ4v) is 3.60. The van der Waals surface area contributed by atoms with Gasteiger partial charge in [0, 0.05) is 12.7 Å². The molecule has 1 unspecified atom stereocenters. The quantitative estimate of drug-likeness (QED) is 0.430. The zero-order chi connectivity index (χ0) is 24.0. The largest absolute Gasteiger partial charge is 0.493 e. The van der Waals surface area contributed by atoms with E-state index in [-0.39, 0.29) is 25.9 Å². The Balaban J connectivity index is 1.77. The molecule has 1 heterocycles. The van der Waals surface area contributed by atoms with Crippen molar-refractivity contribution in [2.24, 2.45) is 0 Å². The molecular formula is C24H27ClN2O6. The van der Waals surface area contributed by atoms with E-state index in [0.717, 1.165) is 0 Å². The summed E-state index contributed by atoms with van der Waals surface area (Å²) < 4.78 is 22.2. The van der Waals surface area contributed by atoms with Gasteiger partial charge < -0.3 is 29.2 Å². The number of methoxy groups -OCH3 is 1. The van der Waals surface area contributed by atoms with Crippen molar-refractivity contribution in [1.29, 1.82) is 0 Å². The molecule has 9 heteroatoms. The minimum absolute atomic E-state index is 0.229. The van der Waals surface area contributed by atoms with E-state index in [1.807, 2.05) is 12.1 Å². The van der Waals surface area contributed by atoms with Crippen LogP contribution in [0.3, 0.4) is 0 Å². The van der Waals surface area contributed by atoms with Crippen molar-refractivity contribution in [2.45, 2.75) is 19.9 Å². The Morgan fingerprint density at radius 1 is 1.09 bits per heavy atom. The molecule has 1 aliphatic heterocycles. The second-order valence-electron chi connectivity index (χ2n) is 7.20. The summed E-state index contributed by atoms with van der Waals surface area (Å²) in [5, 5.41) is 3.38. The molecule has 1 aliphatic rings. The van der Waals surface area contributed by atoms with Crippen LogP contribution in [-0.4, -0.2) is 50.9 Å². The summed E-state index contributed by atoms with van der Waals surface area (Å²) in [6.45, 7) is 4.23. The molecular weight excluding hydrogens is 448 g/mol. The lowest BCUT2D eigenvalue weighted by atomic mass is 9.94. The van der Waals surface area contributed by atoms with Gasteiger partial charge in [0.25, 0.3) is 0 Å². The predicted octanol–water partition coefficient (Wildman–Crippen LogP) is 4.34. The highest BCUT2D eigenvalue weighted by atomic mass is 35.5. The molecule has 2 aromatic rings. The first-order chi connectivity index (χ1) is 15.9. The van der Waals surface area contributed by atoms with Crippen molar-refractivity contribution in [3.63, 3.8) is 0 Å². The van der Waals surface area contributed by atoms with Crippen LogP contribution in [0.1, 0.15) is 25.5 Å². The third-order valence-electron chi connectivity index (χ3n) is 5.21. The first kappa shape index (κ1) is 24.3. The van der Waals surface area contributed by atoms with Crippen LogP contribution in [-0.2, 0) is 9.53 Å². The summed E-state index contributed by atoms with van der Waals surface area (Å²) in [5.74, 6) is 1.06. The maximum absolute atomic E-state index is 12.6. The van der Waals surface area contributed by atoms with Crippen LogP contribution in [0, 0.1) is 0 Å². The molecule has 176 valence electrons. The van der Waals surface area contributed by atoms with Crippen LogP contribution < -0.4 is 19.5 Å². The number of ether oxygens (including phenoxy) is 4. The van der Waals surface area contributed by atoms with Gasteiger partial charge in [0.2, 0.25) is 0 Å². The predicted molar refractivity (Wildman–Crippen MR) is 124 cm³/mol. The van der Waals surface area contributed by atoms with Gasteiger partial charge in [0.15, 0.2) is 11.5 Å². The van der Waals surface area contributed by atoms with Gasteiger partial charge in [0.1, 0.15) is 19.0 Å². The second kappa shape index (κ2) is 11.0. The lowest BCUT2D eigenvalue weighted by molar-refractivity contribution is -0.139. The first-order valence-corrected chi connectivity index (χ1v) is 10.8. The average Bonchev–Trinajstić information content (AvgIpc) is 2.81. The number of rotatable bonds is 9. The summed E-state index contributed by atoms with van der Waals surface area (Å²) in [7, 11) is 3.12. The molecule has 1 atom stereocenters. The molecule has 2 amide bonds. The lowest BCUT2D eigenvalue weighted by Crippen LogP contribution is -2.46. The molecule has 33 heavy (non-hydrogen) atoms. The number of carbonyl (C=O) groups excluding carboxylic acids is 2. The van der Waals surface area contributed by atoms with E-state index >= 15 is 0 Å². The van der Waals surface area contributed by atoms with E-state index in [1.54, 1.807) is 51.2 Å². The molecule has 0 fully saturated rings. The number of hydrogen-bond acceptors (Lipinski definition) is 6. The highest BCUT2D eigenvalue weighted by Crippen LogP contribution is 2.36. The monoisotopic (exact) mass is 474 g/mol. The molecule has 0 saturated heterocycles. The first-order valence-electron chi connectivity index (χ1n) is 10.5. The number of nitrogens with zero attached hydrogens (tertiary/aromatic N) is 1. The highest BCUT2D eigenvalue weighted by Gasteiger charge is 2.35. The molecule has 0 aromatic heterocycles. The third-order valence-corrected chi connectivity index (χ3v) is 5.52. The van der Waals surface area contributed by atoms with Crippen LogP contribution in [0.5, 0.6) is 17.2 Å². The fourth-order valence-electron chi connectivity index (χ4n) is 3.41. The van der Waals surface area contributed by atoms with E-state index in [2.05, 4.69) is 5.32 Å². The van der Waals surface area contributed by atoms with Crippen molar-refractivity contribution < 1.29 is 28.5 Å². The van der Waals surface area contributed by atoms with E-state index in [0.29, 0.717) is 39.1 Å². The third kappa shape index (κ3) is 5.51. The molecule has 0 bridgehead atoms. The van der Waals surface area contributed by atoms with Gasteiger partial charge in [-0.2, -0.15) is 0 Å². The van der Waals surface area contributed by atoms with Gasteiger partial charge in [-0.25, -0.2) is 9.59 Å². The zero-order valence-corrected chi connectivity index (χ0v) is 19.8. The van der Waals surface area contributed by atoms with E-state index < -0.39 is 12.0 Å². The number of esters is 1. The molecule has 0 spiro atoms. The Labute approximate surface area is 198 Å². The maximum atomic E-state index is 12.6. The van der Waals surface area contributed by atoms with E-state index in [9.17, 15) is 9.59 Å². The Morgan fingerprint density at radius 3 is 2.45 bits per heavy atom. The fraction of sp³-hybridized carbons (Fsp3) is 0.333. The Bertz CT molecular complexity index is 1060. The summed E-state index contributed by atoms with van der Waals surface area (Å²) in [4.78, 5) is 26.4. The van der Waals surface area contributed by atoms with Crippen molar-refractivity contribution in [3.8, 4) is 17.2 Å². The number of carbonyl (C=O) groups is 2. The molecule has 1 N–H and O–H groups in total. The highest BCUT2D eigenvalue weighted by molar-refractivity contribution is 6.32. The maximum Gasteiger partial charge on any atom is 0.338 e. The van der Waals surface area contributed by atoms with Crippen molar-refractivity contribution in [1.82, 2.24) is 10.2 Å². The summed E-state index contributed by atoms with van der Waals surface area (Å²) in [6, 6.07) is 11.4. The molecule has 3 rings (SSSR count). The summed E-state index contributed by atoms with van der Waals surface area (Å²) in [6.07, 6.45) is 0. The van der Waals surface area contributed by atoms with E-state index in [1.165, 1.54) is 12.0 Å². The van der Waals surface area contributed by atoms with Crippen molar-refractivity contribution >= 4 is 23.6 Å². The summed E-state index contributed by atoms with van der Waals surface area (Å²) >= 11 is 6.09. The molecule has 0 radical (unpaired) electrons. The molecule has 0 aliphatic carbocycles. The Hall–Kier alpha value is -3.39. The number of allylic oxidation sites excluding steroid dienone is 1. The Kier molecular flexibility index (Phi) is 8.06. The smallest absolute Gasteiger partial charge is 0.338 e. The number of nitrogens with one attached hydrogen (secondary N) is 1. The topological polar surface area (TPSA) is 86.3 Å². The van der Waals surface area contributed by atoms with Crippen LogP contribution in [0.2, 0.25) is 5.02 Å². The molecule has 8 nitrogen and oxygen atoms in total. The van der Waals surface area contributed by atoms with Gasteiger partial charge in [-0.05, 0) is 43.7 Å². The van der Waals surface area contributed by atoms with Gasteiger partial charge in [-0.3, -0.25) is 0 Å². The number of hydrogen-bond donors (Lipinski definition) is 1. The van der Waals surface area contributed by atoms with Gasteiger partial charge in [0.05, 0.1) is 30.4 Å². The number of benzene rings is 2. The van der Waals surface area contributed by atoms with Crippen LogP contribution in [0.25, 0.3) is 0 Å². The number of halogens is 1. The van der Waals surface area contributed by atoms with Crippen molar-refractivity contribution in [2.75, 3.05) is 34.0 Å². The lowest BCUT2D eigenvalue weighted by Gasteiger charge is -2.33. The average molecular weight is 475 g/mol. The number of amides is 2. The van der Waals surface area contributed by atoms with Gasteiger partial charge in [-0.15, -0.1) is 0 Å². The molecule has 2 aromatic carbocycles. The minimum atomic E-state index is -0.681. The SMILES string of the molecule is CCOC(=O)C1=C(C)N(C)C(=O)NC1c1ccc(OCCOc2ccccc2Cl)c(OC)c1. The normalized spacial score (nSPS) is 15.7. The Morgan fingerprint density at radius 2 is 1.79 bits per heavy atom.